The number of nitrogens with one attached hydrogen (secondary N) is 1. The molecule has 1 saturated heterocycles. The first kappa shape index (κ1) is 14.4. The third kappa shape index (κ3) is 4.88. The van der Waals surface area contributed by atoms with Crippen LogP contribution in [0.25, 0.3) is 0 Å². The van der Waals surface area contributed by atoms with Crippen LogP contribution in [0.1, 0.15) is 24.8 Å². The van der Waals surface area contributed by atoms with Crippen LogP contribution in [-0.4, -0.2) is 34.7 Å². The smallest absolute Gasteiger partial charge is 0.220 e. The number of carbonyl (C=O) groups excluding carboxylic acids is 1. The summed E-state index contributed by atoms with van der Waals surface area (Å²) in [6, 6.07) is 9.99. The minimum Gasteiger partial charge on any atom is -0.388 e. The predicted octanol–water partition coefficient (Wildman–Crippen LogP) is 1.99. The van der Waals surface area contributed by atoms with E-state index in [9.17, 15) is 9.90 Å². The van der Waals surface area contributed by atoms with Crippen LogP contribution in [0, 0.1) is 0 Å². The van der Waals surface area contributed by atoms with Gasteiger partial charge in [0.05, 0.1) is 5.60 Å². The average molecular weight is 279 g/mol. The molecule has 3 nitrogen and oxygen atoms in total. The second kappa shape index (κ2) is 6.96. The summed E-state index contributed by atoms with van der Waals surface area (Å²) >= 11 is 1.87. The van der Waals surface area contributed by atoms with E-state index >= 15 is 0 Å². The molecule has 0 atom stereocenters. The Hall–Kier alpha value is -1.00. The van der Waals surface area contributed by atoms with Gasteiger partial charge in [0, 0.05) is 13.0 Å². The quantitative estimate of drug-likeness (QED) is 0.866. The molecule has 1 aromatic rings. The highest BCUT2D eigenvalue weighted by Gasteiger charge is 2.29. The molecule has 2 rings (SSSR count). The molecule has 104 valence electrons. The Morgan fingerprint density at radius 1 is 1.26 bits per heavy atom. The number of carbonyl (C=O) groups is 1. The van der Waals surface area contributed by atoms with Gasteiger partial charge in [-0.3, -0.25) is 4.79 Å². The van der Waals surface area contributed by atoms with Crippen molar-refractivity contribution in [2.24, 2.45) is 0 Å². The van der Waals surface area contributed by atoms with Crippen LogP contribution in [0.15, 0.2) is 30.3 Å². The van der Waals surface area contributed by atoms with E-state index in [-0.39, 0.29) is 5.91 Å². The summed E-state index contributed by atoms with van der Waals surface area (Å²) in [7, 11) is 0. The third-order valence-electron chi connectivity index (χ3n) is 3.52. The number of thioether (sulfide) groups is 1. The Labute approximate surface area is 118 Å². The zero-order valence-corrected chi connectivity index (χ0v) is 11.9. The molecule has 1 amide bonds. The van der Waals surface area contributed by atoms with Gasteiger partial charge in [0.25, 0.3) is 0 Å². The van der Waals surface area contributed by atoms with Crippen molar-refractivity contribution in [1.29, 1.82) is 0 Å². The number of aryl methyl sites for hydroxylation is 1. The Morgan fingerprint density at radius 3 is 2.63 bits per heavy atom. The summed E-state index contributed by atoms with van der Waals surface area (Å²) in [6.07, 6.45) is 2.78. The molecular formula is C15H21NO2S. The van der Waals surface area contributed by atoms with Gasteiger partial charge < -0.3 is 10.4 Å². The summed E-state index contributed by atoms with van der Waals surface area (Å²) in [4.78, 5) is 11.8. The number of aliphatic hydroxyl groups is 1. The topological polar surface area (TPSA) is 49.3 Å². The molecule has 1 fully saturated rings. The SMILES string of the molecule is O=C(CCc1ccccc1)NCC1(O)CCSCC1. The second-order valence-electron chi connectivity index (χ2n) is 5.10. The molecule has 0 spiro atoms. The van der Waals surface area contributed by atoms with Gasteiger partial charge in [-0.25, -0.2) is 0 Å². The van der Waals surface area contributed by atoms with Gasteiger partial charge in [-0.15, -0.1) is 0 Å². The molecule has 0 aromatic heterocycles. The van der Waals surface area contributed by atoms with Crippen LogP contribution in [-0.2, 0) is 11.2 Å². The minimum absolute atomic E-state index is 0.0236. The van der Waals surface area contributed by atoms with E-state index in [0.29, 0.717) is 13.0 Å². The minimum atomic E-state index is -0.687. The maximum absolute atomic E-state index is 11.8. The van der Waals surface area contributed by atoms with Crippen LogP contribution >= 0.6 is 11.8 Å². The molecule has 1 aliphatic rings. The standard InChI is InChI=1S/C15H21NO2S/c17-14(7-6-13-4-2-1-3-5-13)16-12-15(18)8-10-19-11-9-15/h1-5,18H,6-12H2,(H,16,17). The van der Waals surface area contributed by atoms with Crippen LogP contribution in [0.3, 0.4) is 0 Å². The molecular weight excluding hydrogens is 258 g/mol. The third-order valence-corrected chi connectivity index (χ3v) is 4.51. The summed E-state index contributed by atoms with van der Waals surface area (Å²) in [5, 5.41) is 13.1. The molecule has 19 heavy (non-hydrogen) atoms. The highest BCUT2D eigenvalue weighted by molar-refractivity contribution is 7.99. The Bertz CT molecular complexity index is 402. The monoisotopic (exact) mass is 279 g/mol. The van der Waals surface area contributed by atoms with Crippen molar-refractivity contribution in [1.82, 2.24) is 5.32 Å². The summed E-state index contributed by atoms with van der Waals surface area (Å²) in [5.74, 6) is 1.99. The number of amides is 1. The lowest BCUT2D eigenvalue weighted by molar-refractivity contribution is -0.122. The maximum Gasteiger partial charge on any atom is 0.220 e. The molecule has 0 radical (unpaired) electrons. The largest absolute Gasteiger partial charge is 0.388 e. The van der Waals surface area contributed by atoms with Gasteiger partial charge in [-0.2, -0.15) is 11.8 Å². The summed E-state index contributed by atoms with van der Waals surface area (Å²) in [5.41, 5.74) is 0.485. The van der Waals surface area contributed by atoms with Crippen molar-refractivity contribution in [3.63, 3.8) is 0 Å². The lowest BCUT2D eigenvalue weighted by Gasteiger charge is -2.31. The van der Waals surface area contributed by atoms with Gasteiger partial charge >= 0.3 is 0 Å². The van der Waals surface area contributed by atoms with E-state index in [1.165, 1.54) is 5.56 Å². The molecule has 1 aromatic carbocycles. The molecule has 0 bridgehead atoms. The Morgan fingerprint density at radius 2 is 1.95 bits per heavy atom. The zero-order chi connectivity index (χ0) is 13.6. The van der Waals surface area contributed by atoms with E-state index < -0.39 is 5.60 Å². The van der Waals surface area contributed by atoms with Crippen molar-refractivity contribution < 1.29 is 9.90 Å². The molecule has 4 heteroatoms. The van der Waals surface area contributed by atoms with E-state index in [0.717, 1.165) is 30.8 Å². The highest BCUT2D eigenvalue weighted by Crippen LogP contribution is 2.26. The molecule has 0 saturated carbocycles. The van der Waals surface area contributed by atoms with Crippen molar-refractivity contribution >= 4 is 17.7 Å². The summed E-state index contributed by atoms with van der Waals surface area (Å²) < 4.78 is 0. The van der Waals surface area contributed by atoms with Crippen molar-refractivity contribution in [3.8, 4) is 0 Å². The number of hydrogen-bond acceptors (Lipinski definition) is 3. The van der Waals surface area contributed by atoms with Gasteiger partial charge in [0.1, 0.15) is 0 Å². The van der Waals surface area contributed by atoms with Gasteiger partial charge in [-0.05, 0) is 36.3 Å². The lowest BCUT2D eigenvalue weighted by atomic mass is 9.97. The predicted molar refractivity (Wildman–Crippen MR) is 79.3 cm³/mol. The Balaban J connectivity index is 1.70. The molecule has 1 aliphatic heterocycles. The number of rotatable bonds is 5. The molecule has 1 heterocycles. The molecule has 0 unspecified atom stereocenters. The van der Waals surface area contributed by atoms with Crippen LogP contribution in [0.4, 0.5) is 0 Å². The second-order valence-corrected chi connectivity index (χ2v) is 6.32. The van der Waals surface area contributed by atoms with E-state index in [1.54, 1.807) is 0 Å². The van der Waals surface area contributed by atoms with E-state index in [4.69, 9.17) is 0 Å². The van der Waals surface area contributed by atoms with Crippen molar-refractivity contribution in [2.75, 3.05) is 18.1 Å². The molecule has 2 N–H and O–H groups in total. The van der Waals surface area contributed by atoms with E-state index in [2.05, 4.69) is 5.32 Å². The fourth-order valence-corrected chi connectivity index (χ4v) is 3.43. The van der Waals surface area contributed by atoms with Crippen LogP contribution in [0.2, 0.25) is 0 Å². The number of benzene rings is 1. The normalized spacial score (nSPS) is 17.9. The summed E-state index contributed by atoms with van der Waals surface area (Å²) in [6.45, 7) is 0.390. The van der Waals surface area contributed by atoms with Gasteiger partial charge in [0.15, 0.2) is 0 Å². The fourth-order valence-electron chi connectivity index (χ4n) is 2.18. The first-order valence-corrected chi connectivity index (χ1v) is 7.94. The van der Waals surface area contributed by atoms with Crippen molar-refractivity contribution in [3.05, 3.63) is 35.9 Å². The lowest BCUT2D eigenvalue weighted by Crippen LogP contribution is -2.45. The molecule has 0 aliphatic carbocycles. The maximum atomic E-state index is 11.8. The van der Waals surface area contributed by atoms with Crippen LogP contribution in [0.5, 0.6) is 0 Å². The Kier molecular flexibility index (Phi) is 5.28. The first-order valence-electron chi connectivity index (χ1n) is 6.79. The average Bonchev–Trinajstić information content (AvgIpc) is 2.45. The van der Waals surface area contributed by atoms with E-state index in [1.807, 2.05) is 42.1 Å². The van der Waals surface area contributed by atoms with Crippen molar-refractivity contribution in [2.45, 2.75) is 31.3 Å². The van der Waals surface area contributed by atoms with Gasteiger partial charge in [-0.1, -0.05) is 30.3 Å². The van der Waals surface area contributed by atoms with Crippen LogP contribution < -0.4 is 5.32 Å². The zero-order valence-electron chi connectivity index (χ0n) is 11.1. The number of hydrogen-bond donors (Lipinski definition) is 2. The van der Waals surface area contributed by atoms with Gasteiger partial charge in [0.2, 0.25) is 5.91 Å². The fraction of sp³-hybridized carbons (Fsp3) is 0.533. The highest BCUT2D eigenvalue weighted by atomic mass is 32.2. The first-order chi connectivity index (χ1) is 9.18.